The van der Waals surface area contributed by atoms with Crippen LogP contribution in [-0.4, -0.2) is 53.6 Å². The van der Waals surface area contributed by atoms with Crippen molar-refractivity contribution in [1.82, 2.24) is 9.80 Å². The lowest BCUT2D eigenvalue weighted by molar-refractivity contribution is 0.0702. The molecule has 106 valence electrons. The van der Waals surface area contributed by atoms with Gasteiger partial charge < -0.3 is 10.0 Å². The number of aromatic carboxylic acids is 1. The summed E-state index contributed by atoms with van der Waals surface area (Å²) in [5, 5.41) is 8.91. The smallest absolute Gasteiger partial charge is 0.345 e. The standard InChI is InChI=1S/C14H22N2O2S/c1-11(2)9-15-5-7-16(8-6-15)10-12-3-4-13(19-12)14(17)18/h3-4,11H,5-10H2,1-2H3,(H,17,18). The maximum absolute atomic E-state index is 10.8. The molecule has 0 saturated carbocycles. The molecule has 0 spiro atoms. The summed E-state index contributed by atoms with van der Waals surface area (Å²) in [6.45, 7) is 11.0. The van der Waals surface area contributed by atoms with E-state index in [0.717, 1.165) is 43.5 Å². The molecule has 1 fully saturated rings. The fourth-order valence-corrected chi connectivity index (χ4v) is 3.33. The minimum Gasteiger partial charge on any atom is -0.477 e. The van der Waals surface area contributed by atoms with Crippen LogP contribution in [-0.2, 0) is 6.54 Å². The number of hydrogen-bond donors (Lipinski definition) is 1. The molecule has 2 rings (SSSR count). The highest BCUT2D eigenvalue weighted by Crippen LogP contribution is 2.19. The Labute approximate surface area is 118 Å². The van der Waals surface area contributed by atoms with Crippen molar-refractivity contribution in [2.24, 2.45) is 5.92 Å². The Kier molecular flexibility index (Phi) is 4.96. The molecular formula is C14H22N2O2S. The third kappa shape index (κ3) is 4.30. The lowest BCUT2D eigenvalue weighted by atomic mass is 10.2. The average Bonchev–Trinajstić information content (AvgIpc) is 2.80. The van der Waals surface area contributed by atoms with Crippen molar-refractivity contribution < 1.29 is 9.90 Å². The van der Waals surface area contributed by atoms with Crippen molar-refractivity contribution in [3.8, 4) is 0 Å². The molecule has 1 aromatic heterocycles. The Hall–Kier alpha value is -0.910. The van der Waals surface area contributed by atoms with E-state index >= 15 is 0 Å². The quantitative estimate of drug-likeness (QED) is 0.899. The first kappa shape index (κ1) is 14.5. The second-order valence-electron chi connectivity index (χ2n) is 5.54. The zero-order valence-corrected chi connectivity index (χ0v) is 12.4. The van der Waals surface area contributed by atoms with Gasteiger partial charge in [0.15, 0.2) is 0 Å². The van der Waals surface area contributed by atoms with Crippen LogP contribution in [0.15, 0.2) is 12.1 Å². The average molecular weight is 282 g/mol. The van der Waals surface area contributed by atoms with E-state index in [1.807, 2.05) is 6.07 Å². The third-order valence-corrected chi connectivity index (χ3v) is 4.40. The Morgan fingerprint density at radius 3 is 2.42 bits per heavy atom. The monoisotopic (exact) mass is 282 g/mol. The molecular weight excluding hydrogens is 260 g/mol. The summed E-state index contributed by atoms with van der Waals surface area (Å²) in [6, 6.07) is 3.64. The molecule has 0 bridgehead atoms. The van der Waals surface area contributed by atoms with Gasteiger partial charge in [0.05, 0.1) is 0 Å². The second-order valence-corrected chi connectivity index (χ2v) is 6.71. The predicted molar refractivity (Wildman–Crippen MR) is 77.8 cm³/mol. The molecule has 1 N–H and O–H groups in total. The fourth-order valence-electron chi connectivity index (χ4n) is 2.44. The lowest BCUT2D eigenvalue weighted by Gasteiger charge is -2.35. The van der Waals surface area contributed by atoms with E-state index in [1.165, 1.54) is 17.9 Å². The van der Waals surface area contributed by atoms with Gasteiger partial charge >= 0.3 is 5.97 Å². The first-order valence-electron chi connectivity index (χ1n) is 6.81. The van der Waals surface area contributed by atoms with E-state index in [-0.39, 0.29) is 0 Å². The molecule has 1 aliphatic rings. The summed E-state index contributed by atoms with van der Waals surface area (Å²) in [6.07, 6.45) is 0. The lowest BCUT2D eigenvalue weighted by Crippen LogP contribution is -2.46. The number of nitrogens with zero attached hydrogens (tertiary/aromatic N) is 2. The first-order chi connectivity index (χ1) is 9.04. The van der Waals surface area contributed by atoms with Crippen molar-refractivity contribution in [1.29, 1.82) is 0 Å². The zero-order chi connectivity index (χ0) is 13.8. The van der Waals surface area contributed by atoms with Crippen LogP contribution in [0.1, 0.15) is 28.4 Å². The number of thiophene rings is 1. The van der Waals surface area contributed by atoms with Gasteiger partial charge in [0.25, 0.3) is 0 Å². The second kappa shape index (κ2) is 6.50. The van der Waals surface area contributed by atoms with Gasteiger partial charge in [0, 0.05) is 44.1 Å². The molecule has 0 amide bonds. The molecule has 1 aliphatic heterocycles. The van der Waals surface area contributed by atoms with Crippen LogP contribution < -0.4 is 0 Å². The van der Waals surface area contributed by atoms with Crippen LogP contribution in [0.3, 0.4) is 0 Å². The predicted octanol–water partition coefficient (Wildman–Crippen LogP) is 2.22. The van der Waals surface area contributed by atoms with Crippen molar-refractivity contribution in [2.75, 3.05) is 32.7 Å². The number of carboxylic acid groups (broad SMARTS) is 1. The minimum atomic E-state index is -0.821. The summed E-state index contributed by atoms with van der Waals surface area (Å²) in [7, 11) is 0. The van der Waals surface area contributed by atoms with Crippen molar-refractivity contribution in [3.05, 3.63) is 21.9 Å². The number of carboxylic acids is 1. The number of hydrogen-bond acceptors (Lipinski definition) is 4. The molecule has 0 atom stereocenters. The van der Waals surface area contributed by atoms with Crippen LogP contribution in [0.2, 0.25) is 0 Å². The summed E-state index contributed by atoms with van der Waals surface area (Å²) in [5.41, 5.74) is 0. The van der Waals surface area contributed by atoms with Crippen molar-refractivity contribution >= 4 is 17.3 Å². The molecule has 4 nitrogen and oxygen atoms in total. The van der Waals surface area contributed by atoms with E-state index in [9.17, 15) is 4.79 Å². The zero-order valence-electron chi connectivity index (χ0n) is 11.6. The van der Waals surface area contributed by atoms with E-state index in [0.29, 0.717) is 4.88 Å². The van der Waals surface area contributed by atoms with Crippen LogP contribution >= 0.6 is 11.3 Å². The highest BCUT2D eigenvalue weighted by molar-refractivity contribution is 7.13. The van der Waals surface area contributed by atoms with Crippen molar-refractivity contribution in [3.63, 3.8) is 0 Å². The Morgan fingerprint density at radius 2 is 1.89 bits per heavy atom. The summed E-state index contributed by atoms with van der Waals surface area (Å²) in [4.78, 5) is 17.4. The summed E-state index contributed by atoms with van der Waals surface area (Å²) >= 11 is 1.39. The fraction of sp³-hybridized carbons (Fsp3) is 0.643. The van der Waals surface area contributed by atoms with Crippen LogP contribution in [0, 0.1) is 5.92 Å². The highest BCUT2D eigenvalue weighted by atomic mass is 32.1. The van der Waals surface area contributed by atoms with Gasteiger partial charge in [0.2, 0.25) is 0 Å². The Morgan fingerprint density at radius 1 is 1.26 bits per heavy atom. The Balaban J connectivity index is 1.80. The van der Waals surface area contributed by atoms with E-state index in [2.05, 4.69) is 23.6 Å². The molecule has 0 unspecified atom stereocenters. The third-order valence-electron chi connectivity index (χ3n) is 3.34. The molecule has 1 saturated heterocycles. The number of carbonyl (C=O) groups is 1. The Bertz CT molecular complexity index is 423. The largest absolute Gasteiger partial charge is 0.477 e. The highest BCUT2D eigenvalue weighted by Gasteiger charge is 2.18. The van der Waals surface area contributed by atoms with E-state index in [1.54, 1.807) is 6.07 Å². The molecule has 5 heteroatoms. The first-order valence-corrected chi connectivity index (χ1v) is 7.63. The maximum Gasteiger partial charge on any atom is 0.345 e. The number of piperazine rings is 1. The van der Waals surface area contributed by atoms with Crippen molar-refractivity contribution in [2.45, 2.75) is 20.4 Å². The minimum absolute atomic E-state index is 0.438. The van der Waals surface area contributed by atoms with Crippen LogP contribution in [0.25, 0.3) is 0 Å². The van der Waals surface area contributed by atoms with Gasteiger partial charge in [-0.1, -0.05) is 13.8 Å². The van der Waals surface area contributed by atoms with Gasteiger partial charge in [-0.25, -0.2) is 4.79 Å². The normalized spacial score (nSPS) is 18.1. The maximum atomic E-state index is 10.8. The van der Waals surface area contributed by atoms with E-state index < -0.39 is 5.97 Å². The molecule has 0 aromatic carbocycles. The van der Waals surface area contributed by atoms with Gasteiger partial charge in [-0.05, 0) is 18.1 Å². The van der Waals surface area contributed by atoms with E-state index in [4.69, 9.17) is 5.11 Å². The molecule has 1 aromatic rings. The molecule has 19 heavy (non-hydrogen) atoms. The van der Waals surface area contributed by atoms with Gasteiger partial charge in [0.1, 0.15) is 4.88 Å². The van der Waals surface area contributed by atoms with Gasteiger partial charge in [-0.15, -0.1) is 11.3 Å². The topological polar surface area (TPSA) is 43.8 Å². The summed E-state index contributed by atoms with van der Waals surface area (Å²) in [5.74, 6) is -0.0972. The van der Waals surface area contributed by atoms with Crippen LogP contribution in [0.5, 0.6) is 0 Å². The van der Waals surface area contributed by atoms with Crippen LogP contribution in [0.4, 0.5) is 0 Å². The summed E-state index contributed by atoms with van der Waals surface area (Å²) < 4.78 is 0. The molecule has 0 aliphatic carbocycles. The van der Waals surface area contributed by atoms with Gasteiger partial charge in [-0.3, -0.25) is 4.90 Å². The number of rotatable bonds is 5. The molecule has 0 radical (unpaired) electrons. The van der Waals surface area contributed by atoms with Gasteiger partial charge in [-0.2, -0.15) is 0 Å². The SMILES string of the molecule is CC(C)CN1CCN(Cc2ccc(C(=O)O)s2)CC1. The molecule has 2 heterocycles.